The van der Waals surface area contributed by atoms with Crippen LogP contribution in [0.1, 0.15) is 59.8 Å². The summed E-state index contributed by atoms with van der Waals surface area (Å²) >= 11 is 0. The molecule has 0 unspecified atom stereocenters. The number of nitrogens with zero attached hydrogens (tertiary/aromatic N) is 1. The van der Waals surface area contributed by atoms with Gasteiger partial charge in [-0.05, 0) is 53.4 Å². The van der Waals surface area contributed by atoms with E-state index in [9.17, 15) is 9.59 Å². The molecule has 1 atom stereocenters. The predicted molar refractivity (Wildman–Crippen MR) is 76.4 cm³/mol. The highest BCUT2D eigenvalue weighted by molar-refractivity contribution is 5.69. The molecule has 0 aromatic carbocycles. The summed E-state index contributed by atoms with van der Waals surface area (Å²) in [5, 5.41) is 0. The van der Waals surface area contributed by atoms with Gasteiger partial charge < -0.3 is 14.4 Å². The molecule has 1 aliphatic rings. The van der Waals surface area contributed by atoms with Gasteiger partial charge in [-0.1, -0.05) is 0 Å². The summed E-state index contributed by atoms with van der Waals surface area (Å²) in [4.78, 5) is 25.2. The van der Waals surface area contributed by atoms with E-state index in [2.05, 4.69) is 0 Å². The van der Waals surface area contributed by atoms with Crippen molar-refractivity contribution in [3.8, 4) is 0 Å². The molecule has 0 aromatic heterocycles. The first-order chi connectivity index (χ1) is 9.33. The Morgan fingerprint density at radius 1 is 1.30 bits per heavy atom. The van der Waals surface area contributed by atoms with Crippen LogP contribution in [0.5, 0.6) is 0 Å². The van der Waals surface area contributed by atoms with Crippen molar-refractivity contribution in [2.75, 3.05) is 13.2 Å². The van der Waals surface area contributed by atoms with Gasteiger partial charge in [0.2, 0.25) is 0 Å². The van der Waals surface area contributed by atoms with E-state index >= 15 is 0 Å². The topological polar surface area (TPSA) is 55.8 Å². The predicted octanol–water partition coefficient (Wildman–Crippen LogP) is 3.12. The van der Waals surface area contributed by atoms with Gasteiger partial charge in [-0.3, -0.25) is 4.79 Å². The fourth-order valence-electron chi connectivity index (χ4n) is 2.41. The molecule has 1 amide bonds. The van der Waals surface area contributed by atoms with Crippen molar-refractivity contribution in [3.63, 3.8) is 0 Å². The van der Waals surface area contributed by atoms with Crippen LogP contribution in [0.25, 0.3) is 0 Å². The molecule has 0 saturated carbocycles. The van der Waals surface area contributed by atoms with E-state index in [0.29, 0.717) is 13.0 Å². The summed E-state index contributed by atoms with van der Waals surface area (Å²) in [6.45, 7) is 8.59. The Morgan fingerprint density at radius 2 is 2.00 bits per heavy atom. The van der Waals surface area contributed by atoms with E-state index in [-0.39, 0.29) is 18.1 Å². The third-order valence-electron chi connectivity index (χ3n) is 3.23. The Balaban J connectivity index is 2.37. The highest BCUT2D eigenvalue weighted by Gasteiger charge is 2.31. The van der Waals surface area contributed by atoms with Gasteiger partial charge in [-0.2, -0.15) is 0 Å². The minimum Gasteiger partial charge on any atom is -0.466 e. The summed E-state index contributed by atoms with van der Waals surface area (Å²) in [6, 6.07) is 0.194. The molecule has 0 spiro atoms. The molecule has 0 radical (unpaired) electrons. The summed E-state index contributed by atoms with van der Waals surface area (Å²) in [7, 11) is 0. The second-order valence-electron chi connectivity index (χ2n) is 6.17. The number of esters is 1. The third-order valence-corrected chi connectivity index (χ3v) is 3.23. The zero-order valence-corrected chi connectivity index (χ0v) is 13.1. The van der Waals surface area contributed by atoms with Gasteiger partial charge in [0.1, 0.15) is 5.60 Å². The van der Waals surface area contributed by atoms with Crippen molar-refractivity contribution in [2.45, 2.75) is 71.4 Å². The molecule has 5 heteroatoms. The highest BCUT2D eigenvalue weighted by Crippen LogP contribution is 2.24. The molecular weight excluding hydrogens is 258 g/mol. The molecule has 1 heterocycles. The first-order valence-corrected chi connectivity index (χ1v) is 7.48. The van der Waals surface area contributed by atoms with Gasteiger partial charge in [-0.15, -0.1) is 0 Å². The first kappa shape index (κ1) is 16.8. The lowest BCUT2D eigenvalue weighted by atomic mass is 10.1. The quantitative estimate of drug-likeness (QED) is 0.728. The molecule has 1 fully saturated rings. The van der Waals surface area contributed by atoms with Gasteiger partial charge in [-0.25, -0.2) is 4.79 Å². The van der Waals surface area contributed by atoms with E-state index in [4.69, 9.17) is 9.47 Å². The number of carbonyl (C=O) groups excluding carboxylic acids is 2. The molecule has 0 aliphatic carbocycles. The Morgan fingerprint density at radius 3 is 2.60 bits per heavy atom. The SMILES string of the molecule is CCOC(=O)CCC[C@H]1CCCN1C(=O)OC(C)(C)C. The summed E-state index contributed by atoms with van der Waals surface area (Å²) < 4.78 is 10.3. The fraction of sp³-hybridized carbons (Fsp3) is 0.867. The number of carbonyl (C=O) groups is 2. The minimum absolute atomic E-state index is 0.158. The maximum Gasteiger partial charge on any atom is 0.410 e. The van der Waals surface area contributed by atoms with E-state index in [1.807, 2.05) is 20.8 Å². The number of likely N-dealkylation sites (tertiary alicyclic amines) is 1. The normalized spacial score (nSPS) is 19.0. The second-order valence-corrected chi connectivity index (χ2v) is 6.17. The lowest BCUT2D eigenvalue weighted by Gasteiger charge is -2.28. The zero-order valence-electron chi connectivity index (χ0n) is 13.1. The van der Waals surface area contributed by atoms with Crippen LogP contribution in [0.15, 0.2) is 0 Å². The van der Waals surface area contributed by atoms with Gasteiger partial charge >= 0.3 is 12.1 Å². The summed E-state index contributed by atoms with van der Waals surface area (Å²) in [5.41, 5.74) is -0.463. The van der Waals surface area contributed by atoms with Crippen molar-refractivity contribution in [3.05, 3.63) is 0 Å². The molecule has 116 valence electrons. The monoisotopic (exact) mass is 285 g/mol. The van der Waals surface area contributed by atoms with Crippen LogP contribution in [-0.2, 0) is 14.3 Å². The van der Waals surface area contributed by atoms with Crippen molar-refractivity contribution >= 4 is 12.1 Å². The fourth-order valence-corrected chi connectivity index (χ4v) is 2.41. The molecule has 1 saturated heterocycles. The number of hydrogen-bond donors (Lipinski definition) is 0. The van der Waals surface area contributed by atoms with Crippen LogP contribution >= 0.6 is 0 Å². The van der Waals surface area contributed by atoms with Crippen molar-refractivity contribution in [1.82, 2.24) is 4.90 Å². The van der Waals surface area contributed by atoms with Gasteiger partial charge in [0.15, 0.2) is 0 Å². The average molecular weight is 285 g/mol. The number of hydrogen-bond acceptors (Lipinski definition) is 4. The van der Waals surface area contributed by atoms with Crippen molar-refractivity contribution < 1.29 is 19.1 Å². The van der Waals surface area contributed by atoms with Crippen LogP contribution in [0.2, 0.25) is 0 Å². The largest absolute Gasteiger partial charge is 0.466 e. The molecule has 1 aliphatic heterocycles. The Kier molecular flexibility index (Phi) is 6.30. The molecular formula is C15H27NO4. The van der Waals surface area contributed by atoms with E-state index in [1.165, 1.54) is 0 Å². The third kappa shape index (κ3) is 5.80. The van der Waals surface area contributed by atoms with Gasteiger partial charge in [0.05, 0.1) is 6.61 Å². The van der Waals surface area contributed by atoms with E-state index in [1.54, 1.807) is 11.8 Å². The number of ether oxygens (including phenoxy) is 2. The lowest BCUT2D eigenvalue weighted by molar-refractivity contribution is -0.143. The highest BCUT2D eigenvalue weighted by atomic mass is 16.6. The Bertz CT molecular complexity index is 335. The molecule has 5 nitrogen and oxygen atoms in total. The molecule has 0 bridgehead atoms. The van der Waals surface area contributed by atoms with Gasteiger partial charge in [0, 0.05) is 19.0 Å². The zero-order chi connectivity index (χ0) is 15.2. The summed E-state index contributed by atoms with van der Waals surface area (Å²) in [5.74, 6) is -0.158. The molecule has 20 heavy (non-hydrogen) atoms. The van der Waals surface area contributed by atoms with Gasteiger partial charge in [0.25, 0.3) is 0 Å². The summed E-state index contributed by atoms with van der Waals surface area (Å²) in [6.07, 6.45) is 3.76. The molecule has 1 rings (SSSR count). The average Bonchev–Trinajstić information content (AvgIpc) is 2.75. The number of amides is 1. The standard InChI is InChI=1S/C15H27NO4/c1-5-19-13(17)10-6-8-12-9-7-11-16(12)14(18)20-15(2,3)4/h12H,5-11H2,1-4H3/t12-/m0/s1. The van der Waals surface area contributed by atoms with Crippen molar-refractivity contribution in [2.24, 2.45) is 0 Å². The first-order valence-electron chi connectivity index (χ1n) is 7.48. The molecule has 0 aromatic rings. The van der Waals surface area contributed by atoms with Crippen LogP contribution in [0.3, 0.4) is 0 Å². The number of rotatable bonds is 5. The van der Waals surface area contributed by atoms with Crippen LogP contribution in [0.4, 0.5) is 4.79 Å². The van der Waals surface area contributed by atoms with E-state index in [0.717, 1.165) is 32.2 Å². The van der Waals surface area contributed by atoms with E-state index < -0.39 is 5.60 Å². The lowest BCUT2D eigenvalue weighted by Crippen LogP contribution is -2.39. The maximum atomic E-state index is 12.1. The smallest absolute Gasteiger partial charge is 0.410 e. The molecule has 0 N–H and O–H groups in total. The van der Waals surface area contributed by atoms with Crippen LogP contribution in [0, 0.1) is 0 Å². The van der Waals surface area contributed by atoms with Crippen LogP contribution < -0.4 is 0 Å². The Labute approximate surface area is 121 Å². The maximum absolute atomic E-state index is 12.1. The van der Waals surface area contributed by atoms with Crippen molar-refractivity contribution in [1.29, 1.82) is 0 Å². The Hall–Kier alpha value is -1.26. The van der Waals surface area contributed by atoms with Crippen LogP contribution in [-0.4, -0.2) is 41.8 Å². The second kappa shape index (κ2) is 7.50. The minimum atomic E-state index is -0.463.